The Labute approximate surface area is 123 Å². The van der Waals surface area contributed by atoms with E-state index in [1.807, 2.05) is 6.92 Å². The molecule has 6 nitrogen and oxygen atoms in total. The van der Waals surface area contributed by atoms with Crippen LogP contribution in [0, 0.1) is 6.92 Å². The molecule has 1 saturated carbocycles. The molecular weight excluding hydrogens is 292 g/mol. The van der Waals surface area contributed by atoms with Crippen molar-refractivity contribution >= 4 is 10.0 Å². The number of sulfonamides is 1. The van der Waals surface area contributed by atoms with Crippen molar-refractivity contribution in [1.29, 1.82) is 0 Å². The fraction of sp³-hybridized carbons (Fsp3) is 0.429. The third kappa shape index (κ3) is 3.75. The molecule has 1 aliphatic rings. The lowest BCUT2D eigenvalue weighted by Crippen LogP contribution is -2.22. The Morgan fingerprint density at radius 2 is 1.81 bits per heavy atom. The van der Waals surface area contributed by atoms with E-state index < -0.39 is 10.0 Å². The molecule has 21 heavy (non-hydrogen) atoms. The quantitative estimate of drug-likeness (QED) is 0.816. The molecule has 3 rings (SSSR count). The lowest BCUT2D eigenvalue weighted by atomic mass is 10.4. The molecule has 0 saturated heterocycles. The van der Waals surface area contributed by atoms with Crippen molar-refractivity contribution in [3.8, 4) is 0 Å². The maximum atomic E-state index is 12.1. The van der Waals surface area contributed by atoms with E-state index in [0.29, 0.717) is 24.1 Å². The van der Waals surface area contributed by atoms with Crippen LogP contribution in [0.4, 0.5) is 0 Å². The molecular formula is C14H18N2O4S. The largest absolute Gasteiger partial charge is 0.465 e. The van der Waals surface area contributed by atoms with Gasteiger partial charge in [0.25, 0.3) is 10.0 Å². The Bertz CT molecular complexity index is 713. The second-order valence-electron chi connectivity index (χ2n) is 5.21. The van der Waals surface area contributed by atoms with Gasteiger partial charge in [-0.2, -0.15) is 0 Å². The van der Waals surface area contributed by atoms with E-state index in [9.17, 15) is 8.42 Å². The van der Waals surface area contributed by atoms with Crippen LogP contribution >= 0.6 is 0 Å². The van der Waals surface area contributed by atoms with Crippen LogP contribution in [-0.2, 0) is 23.1 Å². The summed E-state index contributed by atoms with van der Waals surface area (Å²) in [6.45, 7) is 2.47. The lowest BCUT2D eigenvalue weighted by Gasteiger charge is -2.02. The molecule has 0 spiro atoms. The van der Waals surface area contributed by atoms with Gasteiger partial charge in [0.15, 0.2) is 0 Å². The Balaban J connectivity index is 1.60. The van der Waals surface area contributed by atoms with Gasteiger partial charge in [0.2, 0.25) is 5.09 Å². The van der Waals surface area contributed by atoms with E-state index >= 15 is 0 Å². The third-order valence-corrected chi connectivity index (χ3v) is 4.55. The number of nitrogens with one attached hydrogen (secondary N) is 2. The van der Waals surface area contributed by atoms with E-state index in [2.05, 4.69) is 10.0 Å². The monoisotopic (exact) mass is 310 g/mol. The smallest absolute Gasteiger partial charge is 0.274 e. The van der Waals surface area contributed by atoms with Gasteiger partial charge >= 0.3 is 0 Å². The van der Waals surface area contributed by atoms with Crippen LogP contribution in [0.25, 0.3) is 0 Å². The fourth-order valence-electron chi connectivity index (χ4n) is 1.95. The van der Waals surface area contributed by atoms with Crippen LogP contribution in [0.2, 0.25) is 0 Å². The van der Waals surface area contributed by atoms with E-state index in [1.54, 1.807) is 18.2 Å². The summed E-state index contributed by atoms with van der Waals surface area (Å²) in [6.07, 6.45) is 2.35. The highest BCUT2D eigenvalue weighted by atomic mass is 32.2. The first kappa shape index (κ1) is 14.4. The standard InChI is InChI=1S/C14H18N2O4S/c1-10-2-5-13(19-10)9-16-21(17,18)14-7-6-12(20-14)8-15-11-3-4-11/h2,5-7,11,15-16H,3-4,8-9H2,1H3. The fourth-order valence-corrected chi connectivity index (χ4v) is 2.89. The van der Waals surface area contributed by atoms with Crippen molar-refractivity contribution < 1.29 is 17.3 Å². The Kier molecular flexibility index (Phi) is 3.88. The average Bonchev–Trinajstić information content (AvgIpc) is 2.97. The zero-order chi connectivity index (χ0) is 14.9. The summed E-state index contributed by atoms with van der Waals surface area (Å²) in [4.78, 5) is 0. The van der Waals surface area contributed by atoms with Crippen LogP contribution in [-0.4, -0.2) is 14.5 Å². The highest BCUT2D eigenvalue weighted by Crippen LogP contribution is 2.20. The summed E-state index contributed by atoms with van der Waals surface area (Å²) in [6, 6.07) is 7.24. The molecule has 0 amide bonds. The number of rotatable bonds is 7. The Morgan fingerprint density at radius 1 is 1.10 bits per heavy atom. The van der Waals surface area contributed by atoms with Crippen LogP contribution < -0.4 is 10.0 Å². The predicted octanol–water partition coefficient (Wildman–Crippen LogP) is 1.91. The summed E-state index contributed by atoms with van der Waals surface area (Å²) in [5.74, 6) is 1.94. The molecule has 0 radical (unpaired) electrons. The highest BCUT2D eigenvalue weighted by molar-refractivity contribution is 7.89. The lowest BCUT2D eigenvalue weighted by molar-refractivity contribution is 0.398. The van der Waals surface area contributed by atoms with Gasteiger partial charge in [0, 0.05) is 6.04 Å². The molecule has 0 bridgehead atoms. The Morgan fingerprint density at radius 3 is 2.48 bits per heavy atom. The van der Waals surface area contributed by atoms with Crippen LogP contribution in [0.3, 0.4) is 0 Å². The molecule has 0 unspecified atom stereocenters. The van der Waals surface area contributed by atoms with E-state index in [-0.39, 0.29) is 11.6 Å². The zero-order valence-electron chi connectivity index (χ0n) is 11.8. The van der Waals surface area contributed by atoms with Crippen molar-refractivity contribution in [2.45, 2.75) is 44.0 Å². The molecule has 1 aliphatic carbocycles. The van der Waals surface area contributed by atoms with Gasteiger partial charge in [0.05, 0.1) is 13.1 Å². The SMILES string of the molecule is Cc1ccc(CNS(=O)(=O)c2ccc(CNC3CC3)o2)o1. The predicted molar refractivity (Wildman–Crippen MR) is 76.0 cm³/mol. The molecule has 0 aliphatic heterocycles. The van der Waals surface area contributed by atoms with Gasteiger partial charge in [0.1, 0.15) is 17.3 Å². The zero-order valence-corrected chi connectivity index (χ0v) is 12.6. The molecule has 7 heteroatoms. The summed E-state index contributed by atoms with van der Waals surface area (Å²) in [7, 11) is -3.66. The molecule has 2 aromatic rings. The number of hydrogen-bond donors (Lipinski definition) is 2. The maximum absolute atomic E-state index is 12.1. The van der Waals surface area contributed by atoms with Crippen molar-refractivity contribution in [3.05, 3.63) is 41.5 Å². The topological polar surface area (TPSA) is 84.5 Å². The van der Waals surface area contributed by atoms with Gasteiger partial charge in [-0.15, -0.1) is 0 Å². The van der Waals surface area contributed by atoms with E-state index in [4.69, 9.17) is 8.83 Å². The van der Waals surface area contributed by atoms with Crippen molar-refractivity contribution in [2.24, 2.45) is 0 Å². The van der Waals surface area contributed by atoms with Gasteiger partial charge in [-0.3, -0.25) is 0 Å². The van der Waals surface area contributed by atoms with Gasteiger partial charge in [-0.1, -0.05) is 0 Å². The maximum Gasteiger partial charge on any atom is 0.274 e. The molecule has 114 valence electrons. The first-order valence-corrected chi connectivity index (χ1v) is 8.38. The minimum absolute atomic E-state index is 0.0709. The molecule has 0 atom stereocenters. The molecule has 2 aromatic heterocycles. The summed E-state index contributed by atoms with van der Waals surface area (Å²) < 4.78 is 37.4. The average molecular weight is 310 g/mol. The van der Waals surface area contributed by atoms with Gasteiger partial charge in [-0.25, -0.2) is 13.1 Å². The minimum Gasteiger partial charge on any atom is -0.465 e. The van der Waals surface area contributed by atoms with Gasteiger partial charge < -0.3 is 14.2 Å². The number of aryl methyl sites for hydroxylation is 1. The Hall–Kier alpha value is -1.57. The second kappa shape index (κ2) is 5.67. The van der Waals surface area contributed by atoms with Crippen molar-refractivity contribution in [2.75, 3.05) is 0 Å². The summed E-state index contributed by atoms with van der Waals surface area (Å²) >= 11 is 0. The normalized spacial score (nSPS) is 15.5. The van der Waals surface area contributed by atoms with Crippen molar-refractivity contribution in [1.82, 2.24) is 10.0 Å². The first-order valence-electron chi connectivity index (χ1n) is 6.90. The summed E-state index contributed by atoms with van der Waals surface area (Å²) in [5, 5.41) is 3.20. The molecule has 1 fully saturated rings. The molecule has 2 heterocycles. The van der Waals surface area contributed by atoms with E-state index in [1.165, 1.54) is 18.9 Å². The van der Waals surface area contributed by atoms with Crippen LogP contribution in [0.1, 0.15) is 30.1 Å². The van der Waals surface area contributed by atoms with Crippen LogP contribution in [0.5, 0.6) is 0 Å². The molecule has 0 aromatic carbocycles. The second-order valence-corrected chi connectivity index (χ2v) is 6.91. The molecule has 2 N–H and O–H groups in total. The number of hydrogen-bond acceptors (Lipinski definition) is 5. The van der Waals surface area contributed by atoms with Crippen LogP contribution in [0.15, 0.2) is 38.2 Å². The number of furan rings is 2. The van der Waals surface area contributed by atoms with E-state index in [0.717, 1.165) is 5.76 Å². The highest BCUT2D eigenvalue weighted by Gasteiger charge is 2.22. The first-order chi connectivity index (χ1) is 10.0. The summed E-state index contributed by atoms with van der Waals surface area (Å²) in [5.41, 5.74) is 0. The third-order valence-electron chi connectivity index (χ3n) is 3.28. The minimum atomic E-state index is -3.66. The van der Waals surface area contributed by atoms with Crippen molar-refractivity contribution in [3.63, 3.8) is 0 Å². The van der Waals surface area contributed by atoms with Gasteiger partial charge in [-0.05, 0) is 44.0 Å².